The molecule has 2 heterocycles. The summed E-state index contributed by atoms with van der Waals surface area (Å²) in [5, 5.41) is 3.91. The molecule has 0 radical (unpaired) electrons. The van der Waals surface area contributed by atoms with Gasteiger partial charge in [0.15, 0.2) is 5.82 Å². The predicted molar refractivity (Wildman–Crippen MR) is 80.0 cm³/mol. The first kappa shape index (κ1) is 17.1. The van der Waals surface area contributed by atoms with Gasteiger partial charge in [-0.25, -0.2) is 4.98 Å². The Morgan fingerprint density at radius 1 is 1.20 bits per heavy atom. The average Bonchev–Trinajstić information content (AvgIpc) is 2.54. The van der Waals surface area contributed by atoms with E-state index in [4.69, 9.17) is 0 Å². The number of alkyl halides is 3. The van der Waals surface area contributed by atoms with E-state index in [0.29, 0.717) is 5.82 Å². The molecular weight excluding hydrogens is 363 g/mol. The van der Waals surface area contributed by atoms with Crippen molar-refractivity contribution < 1.29 is 25.8 Å². The van der Waals surface area contributed by atoms with E-state index >= 15 is 0 Å². The molecule has 0 N–H and O–H groups in total. The number of rotatable bonds is 3. The van der Waals surface area contributed by atoms with Gasteiger partial charge in [-0.05, 0) is 24.6 Å². The number of nitrogens with zero attached hydrogens (tertiary/aromatic N) is 3. The minimum absolute atomic E-state index is 0.0166. The summed E-state index contributed by atoms with van der Waals surface area (Å²) in [7, 11) is -5.74. The molecule has 25 heavy (non-hydrogen) atoms. The first-order chi connectivity index (χ1) is 11.7. The molecule has 132 valence electrons. The van der Waals surface area contributed by atoms with E-state index in [0.717, 1.165) is 10.8 Å². The first-order valence-electron chi connectivity index (χ1n) is 6.93. The lowest BCUT2D eigenvalue weighted by Crippen LogP contribution is -2.29. The second-order valence-electron chi connectivity index (χ2n) is 5.08. The van der Waals surface area contributed by atoms with Gasteiger partial charge in [-0.15, -0.1) is 0 Å². The Morgan fingerprint density at radius 2 is 1.96 bits per heavy atom. The first-order valence-corrected chi connectivity index (χ1v) is 8.34. The summed E-state index contributed by atoms with van der Waals surface area (Å²) in [6.07, 6.45) is 3.65. The number of pyridine rings is 1. The fourth-order valence-electron chi connectivity index (χ4n) is 2.27. The van der Waals surface area contributed by atoms with Crippen molar-refractivity contribution in [1.82, 2.24) is 14.8 Å². The lowest BCUT2D eigenvalue weighted by Gasteiger charge is -2.17. The van der Waals surface area contributed by atoms with Crippen molar-refractivity contribution in [2.24, 2.45) is 0 Å². The van der Waals surface area contributed by atoms with E-state index in [2.05, 4.69) is 14.3 Å². The molecule has 0 saturated carbocycles. The molecular formula is C14H10F3N3O4S. The summed E-state index contributed by atoms with van der Waals surface area (Å²) >= 11 is 0. The molecule has 0 saturated heterocycles. The topological polar surface area (TPSA) is 91.2 Å². The monoisotopic (exact) mass is 373 g/mol. The van der Waals surface area contributed by atoms with Gasteiger partial charge in [0, 0.05) is 23.7 Å². The van der Waals surface area contributed by atoms with Gasteiger partial charge in [0.1, 0.15) is 5.76 Å². The zero-order valence-corrected chi connectivity index (χ0v) is 13.2. The number of halogens is 3. The zero-order chi connectivity index (χ0) is 18.2. The van der Waals surface area contributed by atoms with E-state index in [9.17, 15) is 26.4 Å². The molecule has 1 aliphatic rings. The van der Waals surface area contributed by atoms with Crippen LogP contribution in [0.1, 0.15) is 17.5 Å². The molecule has 0 spiro atoms. The molecule has 0 bridgehead atoms. The Labute approximate surface area is 139 Å². The van der Waals surface area contributed by atoms with Crippen LogP contribution in [0, 0.1) is 0 Å². The van der Waals surface area contributed by atoms with Crippen LogP contribution in [0.25, 0.3) is 11.9 Å². The van der Waals surface area contributed by atoms with E-state index in [-0.39, 0.29) is 24.0 Å². The van der Waals surface area contributed by atoms with Gasteiger partial charge in [-0.2, -0.15) is 31.4 Å². The lowest BCUT2D eigenvalue weighted by molar-refractivity contribution is -0.0522. The highest BCUT2D eigenvalue weighted by molar-refractivity contribution is 7.87. The SMILES string of the molecule is O=c1c2c(cnn1-c1ccccn1)C=C(OS(=O)(=O)C(F)(F)F)CC2. The maximum atomic E-state index is 12.5. The van der Waals surface area contributed by atoms with Crippen molar-refractivity contribution >= 4 is 16.2 Å². The van der Waals surface area contributed by atoms with Crippen LogP contribution in [0.3, 0.4) is 0 Å². The summed E-state index contributed by atoms with van der Waals surface area (Å²) in [6.45, 7) is 0. The van der Waals surface area contributed by atoms with Crippen LogP contribution in [0.15, 0.2) is 41.1 Å². The third-order valence-corrected chi connectivity index (χ3v) is 4.42. The summed E-state index contributed by atoms with van der Waals surface area (Å²) < 4.78 is 64.4. The molecule has 0 aliphatic heterocycles. The molecule has 3 rings (SSSR count). The van der Waals surface area contributed by atoms with E-state index in [1.165, 1.54) is 12.4 Å². The minimum Gasteiger partial charge on any atom is -0.381 e. The van der Waals surface area contributed by atoms with E-state index in [1.54, 1.807) is 18.2 Å². The van der Waals surface area contributed by atoms with Gasteiger partial charge in [-0.3, -0.25) is 4.79 Å². The van der Waals surface area contributed by atoms with Crippen molar-refractivity contribution in [2.75, 3.05) is 0 Å². The summed E-state index contributed by atoms with van der Waals surface area (Å²) in [6, 6.07) is 4.91. The third kappa shape index (κ3) is 3.27. The highest BCUT2D eigenvalue weighted by Gasteiger charge is 2.49. The summed E-state index contributed by atoms with van der Waals surface area (Å²) in [5.41, 5.74) is -5.51. The lowest BCUT2D eigenvalue weighted by atomic mass is 9.99. The summed E-state index contributed by atoms with van der Waals surface area (Å²) in [5.74, 6) is -0.109. The van der Waals surface area contributed by atoms with Gasteiger partial charge < -0.3 is 4.18 Å². The normalized spacial score (nSPS) is 14.6. The quantitative estimate of drug-likeness (QED) is 0.602. The van der Waals surface area contributed by atoms with Crippen molar-refractivity contribution in [2.45, 2.75) is 18.3 Å². The van der Waals surface area contributed by atoms with Gasteiger partial charge in [-0.1, -0.05) is 6.07 Å². The molecule has 7 nitrogen and oxygen atoms in total. The van der Waals surface area contributed by atoms with Crippen molar-refractivity contribution in [3.05, 3.63) is 57.8 Å². The van der Waals surface area contributed by atoms with Crippen LogP contribution >= 0.6 is 0 Å². The van der Waals surface area contributed by atoms with Crippen LogP contribution < -0.4 is 5.56 Å². The van der Waals surface area contributed by atoms with E-state index in [1.807, 2.05) is 0 Å². The number of allylic oxidation sites excluding steroid dienone is 1. The second kappa shape index (κ2) is 5.99. The van der Waals surface area contributed by atoms with Crippen molar-refractivity contribution in [3.63, 3.8) is 0 Å². The number of aromatic nitrogens is 3. The molecule has 0 atom stereocenters. The van der Waals surface area contributed by atoms with Crippen LogP contribution in [-0.4, -0.2) is 28.7 Å². The van der Waals surface area contributed by atoms with Gasteiger partial charge >= 0.3 is 15.6 Å². The molecule has 0 unspecified atom stereocenters. The van der Waals surface area contributed by atoms with Crippen LogP contribution in [0.5, 0.6) is 0 Å². The molecule has 2 aromatic heterocycles. The van der Waals surface area contributed by atoms with Crippen molar-refractivity contribution in [1.29, 1.82) is 0 Å². The van der Waals surface area contributed by atoms with E-state index < -0.39 is 26.9 Å². The molecule has 0 fully saturated rings. The third-order valence-electron chi connectivity index (χ3n) is 3.42. The molecule has 2 aromatic rings. The Morgan fingerprint density at radius 3 is 2.60 bits per heavy atom. The highest BCUT2D eigenvalue weighted by Crippen LogP contribution is 2.30. The van der Waals surface area contributed by atoms with Crippen LogP contribution in [-0.2, 0) is 20.7 Å². The predicted octanol–water partition coefficient (Wildman–Crippen LogP) is 1.78. The second-order valence-corrected chi connectivity index (χ2v) is 6.62. The fourth-order valence-corrected chi connectivity index (χ4v) is 2.77. The average molecular weight is 373 g/mol. The maximum absolute atomic E-state index is 12.5. The molecule has 0 aromatic carbocycles. The highest BCUT2D eigenvalue weighted by atomic mass is 32.2. The Bertz CT molecular complexity index is 998. The minimum atomic E-state index is -5.74. The molecule has 1 aliphatic carbocycles. The number of fused-ring (bicyclic) bond motifs is 1. The Hall–Kier alpha value is -2.69. The van der Waals surface area contributed by atoms with Crippen LogP contribution in [0.2, 0.25) is 0 Å². The smallest absolute Gasteiger partial charge is 0.381 e. The van der Waals surface area contributed by atoms with Crippen molar-refractivity contribution in [3.8, 4) is 5.82 Å². The van der Waals surface area contributed by atoms with Crippen LogP contribution in [0.4, 0.5) is 13.2 Å². The molecule has 11 heteroatoms. The Kier molecular flexibility index (Phi) is 4.11. The standard InChI is InChI=1S/C14H10F3N3O4S/c15-14(16,17)25(22,23)24-10-4-5-11-9(7-10)8-19-20(13(11)21)12-3-1-2-6-18-12/h1-3,6-8H,4-5H2. The molecule has 0 amide bonds. The van der Waals surface area contributed by atoms with Gasteiger partial charge in [0.2, 0.25) is 0 Å². The zero-order valence-electron chi connectivity index (χ0n) is 12.4. The number of hydrogen-bond donors (Lipinski definition) is 0. The largest absolute Gasteiger partial charge is 0.534 e. The fraction of sp³-hybridized carbons (Fsp3) is 0.214. The van der Waals surface area contributed by atoms with Gasteiger partial charge in [0.25, 0.3) is 5.56 Å². The number of hydrogen-bond acceptors (Lipinski definition) is 6. The van der Waals surface area contributed by atoms with Gasteiger partial charge in [0.05, 0.1) is 6.20 Å². The Balaban J connectivity index is 1.97. The maximum Gasteiger partial charge on any atom is 0.534 e. The summed E-state index contributed by atoms with van der Waals surface area (Å²) in [4.78, 5) is 16.5.